The van der Waals surface area contributed by atoms with Gasteiger partial charge in [-0.15, -0.1) is 0 Å². The summed E-state index contributed by atoms with van der Waals surface area (Å²) in [5.41, 5.74) is 1.96. The predicted molar refractivity (Wildman–Crippen MR) is 148 cm³/mol. The quantitative estimate of drug-likeness (QED) is 0.290. The van der Waals surface area contributed by atoms with Gasteiger partial charge in [0.05, 0.1) is 6.61 Å². The summed E-state index contributed by atoms with van der Waals surface area (Å²) < 4.78 is 5.80. The van der Waals surface area contributed by atoms with Crippen LogP contribution < -0.4 is 10.1 Å². The van der Waals surface area contributed by atoms with Gasteiger partial charge in [-0.25, -0.2) is 0 Å². The first kappa shape index (κ1) is 26.7. The van der Waals surface area contributed by atoms with E-state index in [1.54, 1.807) is 4.90 Å². The molecular formula is C31H35ClN2O3. The number of halogens is 1. The summed E-state index contributed by atoms with van der Waals surface area (Å²) in [4.78, 5) is 29.1. The molecule has 4 rings (SSSR count). The van der Waals surface area contributed by atoms with Crippen LogP contribution in [0.3, 0.4) is 0 Å². The lowest BCUT2D eigenvalue weighted by molar-refractivity contribution is -0.141. The molecule has 0 heterocycles. The zero-order valence-electron chi connectivity index (χ0n) is 21.2. The molecule has 37 heavy (non-hydrogen) atoms. The predicted octanol–water partition coefficient (Wildman–Crippen LogP) is 6.20. The lowest BCUT2D eigenvalue weighted by Gasteiger charge is -2.32. The van der Waals surface area contributed by atoms with Crippen LogP contribution in [0.1, 0.15) is 49.7 Å². The third kappa shape index (κ3) is 8.36. The van der Waals surface area contributed by atoms with Gasteiger partial charge in [0.2, 0.25) is 11.8 Å². The molecular weight excluding hydrogens is 484 g/mol. The van der Waals surface area contributed by atoms with Gasteiger partial charge in [-0.2, -0.15) is 0 Å². The number of ether oxygens (including phenoxy) is 1. The number of hydrogen-bond donors (Lipinski definition) is 1. The third-order valence-corrected chi connectivity index (χ3v) is 7.04. The summed E-state index contributed by atoms with van der Waals surface area (Å²) in [6, 6.07) is 26.5. The van der Waals surface area contributed by atoms with Crippen LogP contribution in [0.25, 0.3) is 0 Å². The first-order valence-corrected chi connectivity index (χ1v) is 13.5. The van der Waals surface area contributed by atoms with E-state index in [1.165, 1.54) is 0 Å². The van der Waals surface area contributed by atoms with Gasteiger partial charge in [-0.05, 0) is 54.7 Å². The molecule has 0 aliphatic heterocycles. The summed E-state index contributed by atoms with van der Waals surface area (Å²) in [6.07, 6.45) is 5.55. The Morgan fingerprint density at radius 3 is 2.22 bits per heavy atom. The molecule has 1 atom stereocenters. The molecule has 2 amide bonds. The number of hydrogen-bond acceptors (Lipinski definition) is 3. The minimum Gasteiger partial charge on any atom is -0.494 e. The van der Waals surface area contributed by atoms with Crippen molar-refractivity contribution >= 4 is 23.4 Å². The van der Waals surface area contributed by atoms with Crippen molar-refractivity contribution in [1.82, 2.24) is 10.2 Å². The number of nitrogens with zero attached hydrogens (tertiary/aromatic N) is 1. The molecule has 0 bridgehead atoms. The van der Waals surface area contributed by atoms with Crippen molar-refractivity contribution in [3.63, 3.8) is 0 Å². The summed E-state index contributed by atoms with van der Waals surface area (Å²) in [5.74, 6) is 0.638. The first-order chi connectivity index (χ1) is 18.1. The van der Waals surface area contributed by atoms with E-state index in [-0.39, 0.29) is 17.9 Å². The zero-order valence-corrected chi connectivity index (χ0v) is 21.9. The largest absolute Gasteiger partial charge is 0.494 e. The molecule has 5 nitrogen and oxygen atoms in total. The average Bonchev–Trinajstić information content (AvgIpc) is 3.44. The van der Waals surface area contributed by atoms with Crippen molar-refractivity contribution in [2.75, 3.05) is 6.61 Å². The van der Waals surface area contributed by atoms with Crippen molar-refractivity contribution in [3.8, 4) is 5.75 Å². The lowest BCUT2D eigenvalue weighted by Crippen LogP contribution is -2.52. The van der Waals surface area contributed by atoms with Crippen LogP contribution in [0, 0.1) is 0 Å². The van der Waals surface area contributed by atoms with Crippen LogP contribution in [-0.2, 0) is 22.6 Å². The Bertz CT molecular complexity index is 1120. The van der Waals surface area contributed by atoms with Crippen LogP contribution in [-0.4, -0.2) is 35.4 Å². The number of carbonyl (C=O) groups is 2. The maximum absolute atomic E-state index is 13.7. The van der Waals surface area contributed by atoms with Crippen LogP contribution in [0.5, 0.6) is 5.75 Å². The fourth-order valence-corrected chi connectivity index (χ4v) is 4.91. The normalized spacial score (nSPS) is 14.2. The highest BCUT2D eigenvalue weighted by Crippen LogP contribution is 2.21. The average molecular weight is 519 g/mol. The van der Waals surface area contributed by atoms with E-state index in [9.17, 15) is 9.59 Å². The lowest BCUT2D eigenvalue weighted by atomic mass is 10.0. The Morgan fingerprint density at radius 2 is 1.54 bits per heavy atom. The standard InChI is InChI=1S/C31H35ClN2O3/c32-26-19-17-25(18-20-26)23-34(30(35)16-9-21-37-28-14-5-2-6-15-28)29(22-24-10-3-1-4-11-24)31(36)33-27-12-7-8-13-27/h1-6,10-11,14-15,17-20,27,29H,7-9,12-13,16,21-23H2,(H,33,36)/t29-/m0/s1. The molecule has 3 aromatic carbocycles. The van der Waals surface area contributed by atoms with E-state index in [2.05, 4.69) is 5.32 Å². The molecule has 3 aromatic rings. The Hall–Kier alpha value is -3.31. The van der Waals surface area contributed by atoms with E-state index in [4.69, 9.17) is 16.3 Å². The second kappa shape index (κ2) is 13.8. The third-order valence-electron chi connectivity index (χ3n) is 6.79. The highest BCUT2D eigenvalue weighted by Gasteiger charge is 2.32. The van der Waals surface area contributed by atoms with Gasteiger partial charge in [-0.1, -0.05) is 85.1 Å². The van der Waals surface area contributed by atoms with Gasteiger partial charge in [0.25, 0.3) is 0 Å². The molecule has 0 radical (unpaired) electrons. The number of amides is 2. The molecule has 1 aliphatic rings. The van der Waals surface area contributed by atoms with Crippen molar-refractivity contribution in [2.45, 2.75) is 63.6 Å². The summed E-state index contributed by atoms with van der Waals surface area (Å²) in [6.45, 7) is 0.771. The van der Waals surface area contributed by atoms with Gasteiger partial charge in [-0.3, -0.25) is 9.59 Å². The van der Waals surface area contributed by atoms with Crippen molar-refractivity contribution in [2.24, 2.45) is 0 Å². The van der Waals surface area contributed by atoms with Crippen LogP contribution >= 0.6 is 11.6 Å². The topological polar surface area (TPSA) is 58.6 Å². The summed E-state index contributed by atoms with van der Waals surface area (Å²) in [5, 5.41) is 3.88. The van der Waals surface area contributed by atoms with E-state index in [0.29, 0.717) is 37.4 Å². The maximum Gasteiger partial charge on any atom is 0.243 e. The van der Waals surface area contributed by atoms with Crippen LogP contribution in [0.2, 0.25) is 5.02 Å². The highest BCUT2D eigenvalue weighted by atomic mass is 35.5. The Balaban J connectivity index is 1.52. The second-order valence-electron chi connectivity index (χ2n) is 9.61. The van der Waals surface area contributed by atoms with Crippen molar-refractivity contribution in [3.05, 3.63) is 101 Å². The van der Waals surface area contributed by atoms with Crippen molar-refractivity contribution < 1.29 is 14.3 Å². The van der Waals surface area contributed by atoms with Crippen molar-refractivity contribution in [1.29, 1.82) is 0 Å². The monoisotopic (exact) mass is 518 g/mol. The van der Waals surface area contributed by atoms with E-state index < -0.39 is 6.04 Å². The molecule has 194 valence electrons. The Morgan fingerprint density at radius 1 is 0.892 bits per heavy atom. The Kier molecular flexibility index (Phi) is 10.0. The molecule has 1 aliphatic carbocycles. The fraction of sp³-hybridized carbons (Fsp3) is 0.355. The first-order valence-electron chi connectivity index (χ1n) is 13.1. The number of carbonyl (C=O) groups excluding carboxylic acids is 2. The molecule has 0 unspecified atom stereocenters. The highest BCUT2D eigenvalue weighted by molar-refractivity contribution is 6.30. The molecule has 1 saturated carbocycles. The SMILES string of the molecule is O=C(NC1CCCC1)[C@H](Cc1ccccc1)N(Cc1ccc(Cl)cc1)C(=O)CCCOc1ccccc1. The zero-order chi connectivity index (χ0) is 25.9. The second-order valence-corrected chi connectivity index (χ2v) is 10.0. The van der Waals surface area contributed by atoms with Gasteiger partial charge < -0.3 is 15.0 Å². The van der Waals surface area contributed by atoms with Gasteiger partial charge in [0.15, 0.2) is 0 Å². The van der Waals surface area contributed by atoms with Crippen LogP contribution in [0.15, 0.2) is 84.9 Å². The minimum absolute atomic E-state index is 0.0610. The van der Waals surface area contributed by atoms with Gasteiger partial charge in [0, 0.05) is 30.5 Å². The maximum atomic E-state index is 13.7. The molecule has 6 heteroatoms. The van der Waals surface area contributed by atoms with Gasteiger partial charge >= 0.3 is 0 Å². The van der Waals surface area contributed by atoms with Crippen LogP contribution in [0.4, 0.5) is 0 Å². The summed E-state index contributed by atoms with van der Waals surface area (Å²) >= 11 is 6.10. The minimum atomic E-state index is -0.610. The summed E-state index contributed by atoms with van der Waals surface area (Å²) in [7, 11) is 0. The van der Waals surface area contributed by atoms with E-state index in [0.717, 1.165) is 42.6 Å². The molecule has 0 spiro atoms. The van der Waals surface area contributed by atoms with E-state index in [1.807, 2.05) is 84.9 Å². The Labute approximate surface area is 224 Å². The number of para-hydroxylation sites is 1. The van der Waals surface area contributed by atoms with Gasteiger partial charge in [0.1, 0.15) is 11.8 Å². The smallest absolute Gasteiger partial charge is 0.243 e. The molecule has 0 aromatic heterocycles. The molecule has 0 saturated heterocycles. The fourth-order valence-electron chi connectivity index (χ4n) is 4.78. The molecule has 1 fully saturated rings. The number of rotatable bonds is 12. The number of nitrogens with one attached hydrogen (secondary N) is 1. The molecule has 1 N–H and O–H groups in total. The number of benzene rings is 3. The van der Waals surface area contributed by atoms with E-state index >= 15 is 0 Å².